The fraction of sp³-hybridized carbons (Fsp3) is 0.529. The van der Waals surface area contributed by atoms with Gasteiger partial charge in [0.15, 0.2) is 0 Å². The van der Waals surface area contributed by atoms with Gasteiger partial charge in [-0.1, -0.05) is 6.07 Å². The van der Waals surface area contributed by atoms with E-state index >= 15 is 0 Å². The van der Waals surface area contributed by atoms with Crippen molar-refractivity contribution in [1.29, 1.82) is 0 Å². The number of morpholine rings is 1. The second-order valence-corrected chi connectivity index (χ2v) is 5.91. The van der Waals surface area contributed by atoms with Crippen molar-refractivity contribution in [3.05, 3.63) is 29.8 Å². The Morgan fingerprint density at radius 1 is 1.21 bits per heavy atom. The molecular formula is C17H23N3O4. The first-order valence-corrected chi connectivity index (χ1v) is 8.23. The summed E-state index contributed by atoms with van der Waals surface area (Å²) in [5.74, 6) is 0.642. The van der Waals surface area contributed by atoms with E-state index in [4.69, 9.17) is 9.47 Å². The minimum absolute atomic E-state index is 0.00989. The van der Waals surface area contributed by atoms with Crippen LogP contribution < -0.4 is 10.1 Å². The number of piperazine rings is 1. The first-order valence-electron chi connectivity index (χ1n) is 8.23. The first-order chi connectivity index (χ1) is 11.7. The van der Waals surface area contributed by atoms with Gasteiger partial charge >= 0.3 is 0 Å². The maximum atomic E-state index is 12.6. The van der Waals surface area contributed by atoms with Gasteiger partial charge in [-0.25, -0.2) is 0 Å². The smallest absolute Gasteiger partial charge is 0.254 e. The summed E-state index contributed by atoms with van der Waals surface area (Å²) in [5, 5.41) is 3.17. The summed E-state index contributed by atoms with van der Waals surface area (Å²) in [6, 6.07) is 7.14. The fourth-order valence-corrected chi connectivity index (χ4v) is 3.00. The molecule has 0 radical (unpaired) electrons. The molecule has 2 saturated heterocycles. The molecule has 3 rings (SSSR count). The van der Waals surface area contributed by atoms with Crippen molar-refractivity contribution in [3.63, 3.8) is 0 Å². The van der Waals surface area contributed by atoms with Gasteiger partial charge < -0.3 is 24.6 Å². The minimum Gasteiger partial charge on any atom is -0.497 e. The topological polar surface area (TPSA) is 71.1 Å². The zero-order valence-corrected chi connectivity index (χ0v) is 13.9. The van der Waals surface area contributed by atoms with Crippen LogP contribution in [0.4, 0.5) is 0 Å². The maximum absolute atomic E-state index is 12.6. The lowest BCUT2D eigenvalue weighted by molar-refractivity contribution is -0.146. The van der Waals surface area contributed by atoms with Gasteiger partial charge in [-0.15, -0.1) is 0 Å². The number of carbonyl (C=O) groups is 2. The first kappa shape index (κ1) is 16.7. The molecular weight excluding hydrogens is 310 g/mol. The predicted molar refractivity (Wildman–Crippen MR) is 88.1 cm³/mol. The van der Waals surface area contributed by atoms with Gasteiger partial charge in [0.1, 0.15) is 11.9 Å². The molecule has 7 nitrogen and oxygen atoms in total. The molecule has 1 unspecified atom stereocenters. The predicted octanol–water partition coefficient (Wildman–Crippen LogP) is -0.0320. The summed E-state index contributed by atoms with van der Waals surface area (Å²) in [5.41, 5.74) is 0.606. The van der Waals surface area contributed by atoms with E-state index in [0.29, 0.717) is 50.6 Å². The van der Waals surface area contributed by atoms with Crippen molar-refractivity contribution in [3.8, 4) is 5.75 Å². The average molecular weight is 333 g/mol. The lowest BCUT2D eigenvalue weighted by Gasteiger charge is -2.37. The van der Waals surface area contributed by atoms with Crippen LogP contribution >= 0.6 is 0 Å². The fourth-order valence-electron chi connectivity index (χ4n) is 3.00. The molecule has 2 fully saturated rings. The van der Waals surface area contributed by atoms with Crippen molar-refractivity contribution in [2.45, 2.75) is 6.10 Å². The van der Waals surface area contributed by atoms with Gasteiger partial charge in [0.05, 0.1) is 13.7 Å². The number of carbonyl (C=O) groups excluding carboxylic acids is 2. The van der Waals surface area contributed by atoms with E-state index < -0.39 is 6.10 Å². The van der Waals surface area contributed by atoms with E-state index in [0.717, 1.165) is 6.54 Å². The van der Waals surface area contributed by atoms with Crippen LogP contribution in [0, 0.1) is 0 Å². The number of hydrogen-bond acceptors (Lipinski definition) is 5. The number of amides is 2. The van der Waals surface area contributed by atoms with Gasteiger partial charge in [0, 0.05) is 44.8 Å². The minimum atomic E-state index is -0.403. The molecule has 1 atom stereocenters. The van der Waals surface area contributed by atoms with E-state index in [1.54, 1.807) is 35.1 Å². The van der Waals surface area contributed by atoms with E-state index in [2.05, 4.69) is 5.32 Å². The molecule has 0 aliphatic carbocycles. The van der Waals surface area contributed by atoms with E-state index in [1.165, 1.54) is 0 Å². The van der Waals surface area contributed by atoms with Crippen LogP contribution in [0.25, 0.3) is 0 Å². The molecule has 1 aromatic carbocycles. The van der Waals surface area contributed by atoms with Crippen LogP contribution in [0.2, 0.25) is 0 Å². The van der Waals surface area contributed by atoms with E-state index in [9.17, 15) is 9.59 Å². The molecule has 7 heteroatoms. The average Bonchev–Trinajstić information content (AvgIpc) is 2.67. The Hall–Kier alpha value is -2.12. The van der Waals surface area contributed by atoms with Crippen LogP contribution in [-0.4, -0.2) is 80.7 Å². The highest BCUT2D eigenvalue weighted by atomic mass is 16.5. The number of ether oxygens (including phenoxy) is 2. The van der Waals surface area contributed by atoms with Crippen molar-refractivity contribution in [2.75, 3.05) is 53.0 Å². The third-order valence-electron chi connectivity index (χ3n) is 4.40. The molecule has 2 heterocycles. The Labute approximate surface area is 141 Å². The summed E-state index contributed by atoms with van der Waals surface area (Å²) in [6.07, 6.45) is -0.403. The van der Waals surface area contributed by atoms with Crippen molar-refractivity contribution in [1.82, 2.24) is 15.1 Å². The lowest BCUT2D eigenvalue weighted by Crippen LogP contribution is -2.56. The highest BCUT2D eigenvalue weighted by Gasteiger charge is 2.30. The van der Waals surface area contributed by atoms with Gasteiger partial charge in [-0.05, 0) is 18.2 Å². The largest absolute Gasteiger partial charge is 0.497 e. The second-order valence-electron chi connectivity index (χ2n) is 5.91. The number of rotatable bonds is 3. The van der Waals surface area contributed by atoms with Crippen LogP contribution in [0.5, 0.6) is 5.75 Å². The van der Waals surface area contributed by atoms with Crippen molar-refractivity contribution in [2.24, 2.45) is 0 Å². The Morgan fingerprint density at radius 3 is 2.62 bits per heavy atom. The van der Waals surface area contributed by atoms with Crippen LogP contribution in [-0.2, 0) is 9.53 Å². The molecule has 24 heavy (non-hydrogen) atoms. The lowest BCUT2D eigenvalue weighted by atomic mass is 10.1. The Kier molecular flexibility index (Phi) is 5.32. The van der Waals surface area contributed by atoms with Crippen LogP contribution in [0.1, 0.15) is 10.4 Å². The maximum Gasteiger partial charge on any atom is 0.254 e. The third-order valence-corrected chi connectivity index (χ3v) is 4.40. The van der Waals surface area contributed by atoms with Crippen LogP contribution in [0.15, 0.2) is 24.3 Å². The monoisotopic (exact) mass is 333 g/mol. The zero-order chi connectivity index (χ0) is 16.9. The molecule has 0 saturated carbocycles. The number of hydrogen-bond donors (Lipinski definition) is 1. The zero-order valence-electron chi connectivity index (χ0n) is 13.9. The number of nitrogens with one attached hydrogen (secondary N) is 1. The highest BCUT2D eigenvalue weighted by Crippen LogP contribution is 2.16. The van der Waals surface area contributed by atoms with Crippen molar-refractivity contribution < 1.29 is 19.1 Å². The molecule has 2 aliphatic rings. The summed E-state index contributed by atoms with van der Waals surface area (Å²) < 4.78 is 10.7. The standard InChI is InChI=1S/C17H23N3O4/c1-23-14-4-2-3-13(11-14)16(21)19-6-8-20(9-7-19)17(22)15-12-18-5-10-24-15/h2-4,11,15,18H,5-10,12H2,1H3. The number of benzene rings is 1. The van der Waals surface area contributed by atoms with Crippen molar-refractivity contribution >= 4 is 11.8 Å². The molecule has 0 bridgehead atoms. The molecule has 130 valence electrons. The summed E-state index contributed by atoms with van der Waals surface area (Å²) in [7, 11) is 1.58. The van der Waals surface area contributed by atoms with Gasteiger partial charge in [0.25, 0.3) is 11.8 Å². The number of nitrogens with zero attached hydrogens (tertiary/aromatic N) is 2. The SMILES string of the molecule is COc1cccc(C(=O)N2CCN(C(=O)C3CNCCO3)CC2)c1. The molecule has 0 aromatic heterocycles. The summed E-state index contributed by atoms with van der Waals surface area (Å²) in [4.78, 5) is 28.6. The Balaban J connectivity index is 1.56. The molecule has 1 aromatic rings. The Bertz CT molecular complexity index is 593. The number of methoxy groups -OCH3 is 1. The van der Waals surface area contributed by atoms with Gasteiger partial charge in [0.2, 0.25) is 0 Å². The third kappa shape index (κ3) is 3.68. The molecule has 2 amide bonds. The van der Waals surface area contributed by atoms with E-state index in [-0.39, 0.29) is 11.8 Å². The summed E-state index contributed by atoms with van der Waals surface area (Å²) in [6.45, 7) is 4.03. The van der Waals surface area contributed by atoms with Gasteiger partial charge in [-0.2, -0.15) is 0 Å². The normalized spacial score (nSPS) is 21.5. The molecule has 2 aliphatic heterocycles. The molecule has 0 spiro atoms. The van der Waals surface area contributed by atoms with Gasteiger partial charge in [-0.3, -0.25) is 9.59 Å². The quantitative estimate of drug-likeness (QED) is 0.841. The Morgan fingerprint density at radius 2 is 1.96 bits per heavy atom. The summed E-state index contributed by atoms with van der Waals surface area (Å²) >= 11 is 0. The van der Waals surface area contributed by atoms with E-state index in [1.807, 2.05) is 6.07 Å². The second kappa shape index (κ2) is 7.63. The highest BCUT2D eigenvalue weighted by molar-refractivity contribution is 5.94. The molecule has 1 N–H and O–H groups in total. The van der Waals surface area contributed by atoms with Crippen LogP contribution in [0.3, 0.4) is 0 Å².